The van der Waals surface area contributed by atoms with Crippen LogP contribution in [0.2, 0.25) is 0 Å². The Bertz CT molecular complexity index is 201. The maximum Gasteiger partial charge on any atom is 0.0221 e. The van der Waals surface area contributed by atoms with Crippen LogP contribution >= 0.6 is 0 Å². The monoisotopic (exact) mass is 225 g/mol. The third-order valence-corrected chi connectivity index (χ3v) is 4.11. The molecule has 3 heteroatoms. The second kappa shape index (κ2) is 5.99. The second-order valence-corrected chi connectivity index (χ2v) is 5.47. The molecule has 1 N–H and O–H groups in total. The molecular weight excluding hydrogens is 198 g/mol. The fourth-order valence-electron chi connectivity index (χ4n) is 3.12. The van der Waals surface area contributed by atoms with Gasteiger partial charge in [-0.25, -0.2) is 0 Å². The van der Waals surface area contributed by atoms with E-state index in [0.717, 1.165) is 12.1 Å². The molecule has 2 atom stereocenters. The van der Waals surface area contributed by atoms with Crippen LogP contribution in [0.5, 0.6) is 0 Å². The largest absolute Gasteiger partial charge is 0.313 e. The molecule has 0 aromatic carbocycles. The summed E-state index contributed by atoms with van der Waals surface area (Å²) >= 11 is 0. The highest BCUT2D eigenvalue weighted by Gasteiger charge is 2.25. The fraction of sp³-hybridized carbons (Fsp3) is 1.00. The topological polar surface area (TPSA) is 18.5 Å². The van der Waals surface area contributed by atoms with Crippen molar-refractivity contribution in [1.82, 2.24) is 15.1 Å². The highest BCUT2D eigenvalue weighted by atomic mass is 15.2. The summed E-state index contributed by atoms with van der Waals surface area (Å²) in [4.78, 5) is 5.22. The van der Waals surface area contributed by atoms with Crippen molar-refractivity contribution in [1.29, 1.82) is 0 Å². The van der Waals surface area contributed by atoms with E-state index in [2.05, 4.69) is 29.1 Å². The van der Waals surface area contributed by atoms with Gasteiger partial charge in [0.15, 0.2) is 0 Å². The van der Waals surface area contributed by atoms with Gasteiger partial charge in [-0.1, -0.05) is 6.92 Å². The predicted octanol–water partition coefficient (Wildman–Crippen LogP) is 1.15. The minimum Gasteiger partial charge on any atom is -0.313 e. The van der Waals surface area contributed by atoms with E-state index in [4.69, 9.17) is 0 Å². The van der Waals surface area contributed by atoms with Crippen molar-refractivity contribution < 1.29 is 0 Å². The molecule has 94 valence electrons. The second-order valence-electron chi connectivity index (χ2n) is 5.47. The molecule has 0 radical (unpaired) electrons. The summed E-state index contributed by atoms with van der Waals surface area (Å²) < 4.78 is 0. The molecule has 2 fully saturated rings. The summed E-state index contributed by atoms with van der Waals surface area (Å²) in [6.45, 7) is 8.65. The van der Waals surface area contributed by atoms with Crippen LogP contribution in [-0.2, 0) is 0 Å². The molecule has 0 bridgehead atoms. The quantitative estimate of drug-likeness (QED) is 0.777. The lowest BCUT2D eigenvalue weighted by molar-refractivity contribution is 0.170. The van der Waals surface area contributed by atoms with Gasteiger partial charge in [-0.2, -0.15) is 0 Å². The lowest BCUT2D eigenvalue weighted by Crippen LogP contribution is -2.45. The summed E-state index contributed by atoms with van der Waals surface area (Å²) in [5.74, 6) is 0. The minimum atomic E-state index is 0.762. The molecule has 16 heavy (non-hydrogen) atoms. The Morgan fingerprint density at radius 3 is 2.81 bits per heavy atom. The molecule has 2 aliphatic rings. The van der Waals surface area contributed by atoms with Crippen molar-refractivity contribution in [2.24, 2.45) is 0 Å². The van der Waals surface area contributed by atoms with Gasteiger partial charge in [-0.15, -0.1) is 0 Å². The zero-order chi connectivity index (χ0) is 11.4. The van der Waals surface area contributed by atoms with Crippen molar-refractivity contribution in [2.75, 3.05) is 39.8 Å². The highest BCUT2D eigenvalue weighted by Crippen LogP contribution is 2.15. The fourth-order valence-corrected chi connectivity index (χ4v) is 3.12. The van der Waals surface area contributed by atoms with E-state index in [1.165, 1.54) is 58.4 Å². The van der Waals surface area contributed by atoms with Crippen LogP contribution in [0.25, 0.3) is 0 Å². The molecule has 0 aromatic rings. The molecule has 3 nitrogen and oxygen atoms in total. The SMILES string of the molecule is CCC1CN(C)CCCN1C[C@@H]1CCCN1. The van der Waals surface area contributed by atoms with E-state index in [9.17, 15) is 0 Å². The van der Waals surface area contributed by atoms with Crippen LogP contribution in [-0.4, -0.2) is 61.7 Å². The summed E-state index contributed by atoms with van der Waals surface area (Å²) in [5, 5.41) is 3.62. The Morgan fingerprint density at radius 1 is 1.25 bits per heavy atom. The van der Waals surface area contributed by atoms with E-state index in [1.54, 1.807) is 0 Å². The molecule has 1 unspecified atom stereocenters. The van der Waals surface area contributed by atoms with Crippen molar-refractivity contribution in [3.8, 4) is 0 Å². The van der Waals surface area contributed by atoms with Gasteiger partial charge in [0, 0.05) is 25.2 Å². The smallest absolute Gasteiger partial charge is 0.0221 e. The van der Waals surface area contributed by atoms with Crippen LogP contribution in [0.1, 0.15) is 32.6 Å². The Balaban J connectivity index is 1.88. The molecule has 2 saturated heterocycles. The van der Waals surface area contributed by atoms with Gasteiger partial charge in [0.2, 0.25) is 0 Å². The third-order valence-electron chi connectivity index (χ3n) is 4.11. The van der Waals surface area contributed by atoms with Gasteiger partial charge >= 0.3 is 0 Å². The van der Waals surface area contributed by atoms with E-state index < -0.39 is 0 Å². The maximum atomic E-state index is 3.62. The zero-order valence-corrected chi connectivity index (χ0v) is 10.9. The third kappa shape index (κ3) is 3.19. The lowest BCUT2D eigenvalue weighted by Gasteiger charge is -2.32. The number of nitrogens with one attached hydrogen (secondary N) is 1. The summed E-state index contributed by atoms with van der Waals surface area (Å²) in [5.41, 5.74) is 0. The summed E-state index contributed by atoms with van der Waals surface area (Å²) in [6.07, 6.45) is 5.37. The Morgan fingerprint density at radius 2 is 2.12 bits per heavy atom. The van der Waals surface area contributed by atoms with Gasteiger partial charge in [0.25, 0.3) is 0 Å². The first-order valence-electron chi connectivity index (χ1n) is 6.95. The first-order chi connectivity index (χ1) is 7.79. The minimum absolute atomic E-state index is 0.762. The van der Waals surface area contributed by atoms with Crippen LogP contribution in [0.3, 0.4) is 0 Å². The molecule has 2 heterocycles. The first kappa shape index (κ1) is 12.3. The van der Waals surface area contributed by atoms with Gasteiger partial charge < -0.3 is 10.2 Å². The summed E-state index contributed by atoms with van der Waals surface area (Å²) in [7, 11) is 2.26. The number of nitrogens with zero attached hydrogens (tertiary/aromatic N) is 2. The van der Waals surface area contributed by atoms with Crippen LogP contribution in [0.15, 0.2) is 0 Å². The van der Waals surface area contributed by atoms with E-state index in [0.29, 0.717) is 0 Å². The Labute approximate surface area is 100 Å². The Kier molecular flexibility index (Phi) is 4.62. The molecule has 0 aromatic heterocycles. The molecule has 0 saturated carbocycles. The first-order valence-corrected chi connectivity index (χ1v) is 6.95. The van der Waals surface area contributed by atoms with Crippen molar-refractivity contribution in [3.05, 3.63) is 0 Å². The number of likely N-dealkylation sites (N-methyl/N-ethyl adjacent to an activating group) is 1. The number of hydrogen-bond acceptors (Lipinski definition) is 3. The number of rotatable bonds is 3. The van der Waals surface area contributed by atoms with E-state index >= 15 is 0 Å². The molecule has 0 amide bonds. The average Bonchev–Trinajstić information content (AvgIpc) is 2.70. The average molecular weight is 225 g/mol. The van der Waals surface area contributed by atoms with E-state index in [1.807, 2.05) is 0 Å². The van der Waals surface area contributed by atoms with Crippen LogP contribution in [0, 0.1) is 0 Å². The number of hydrogen-bond donors (Lipinski definition) is 1. The standard InChI is InChI=1S/C13H27N3/c1-3-13-11-15(2)8-5-9-16(13)10-12-6-4-7-14-12/h12-14H,3-11H2,1-2H3/t12-,13?/m0/s1. The predicted molar refractivity (Wildman–Crippen MR) is 68.8 cm³/mol. The van der Waals surface area contributed by atoms with Crippen molar-refractivity contribution in [2.45, 2.75) is 44.7 Å². The molecular formula is C13H27N3. The van der Waals surface area contributed by atoms with E-state index in [-0.39, 0.29) is 0 Å². The van der Waals surface area contributed by atoms with Crippen molar-refractivity contribution >= 4 is 0 Å². The van der Waals surface area contributed by atoms with Crippen LogP contribution in [0.4, 0.5) is 0 Å². The molecule has 2 rings (SSSR count). The normalized spacial score (nSPS) is 34.1. The molecule has 0 spiro atoms. The lowest BCUT2D eigenvalue weighted by atomic mass is 10.1. The molecule has 2 aliphatic heterocycles. The van der Waals surface area contributed by atoms with Crippen LogP contribution < -0.4 is 5.32 Å². The zero-order valence-electron chi connectivity index (χ0n) is 10.9. The summed E-state index contributed by atoms with van der Waals surface area (Å²) in [6, 6.07) is 1.53. The Hall–Kier alpha value is -0.120. The highest BCUT2D eigenvalue weighted by molar-refractivity contribution is 4.84. The van der Waals surface area contributed by atoms with Gasteiger partial charge in [0.05, 0.1) is 0 Å². The van der Waals surface area contributed by atoms with Gasteiger partial charge in [-0.3, -0.25) is 4.90 Å². The van der Waals surface area contributed by atoms with Gasteiger partial charge in [-0.05, 0) is 52.4 Å². The maximum absolute atomic E-state index is 3.62. The molecule has 0 aliphatic carbocycles. The van der Waals surface area contributed by atoms with Crippen molar-refractivity contribution in [3.63, 3.8) is 0 Å². The van der Waals surface area contributed by atoms with Gasteiger partial charge in [0.1, 0.15) is 0 Å².